The van der Waals surface area contributed by atoms with Crippen LogP contribution in [0.4, 0.5) is 0 Å². The van der Waals surface area contributed by atoms with Gasteiger partial charge in [-0.1, -0.05) is 59.3 Å². The molecule has 9 aliphatic rings. The van der Waals surface area contributed by atoms with Gasteiger partial charge in [-0.3, -0.25) is 4.79 Å². The lowest BCUT2D eigenvalue weighted by atomic mass is 9.33. The molecular weight excluding hydrogens is 1140 g/mol. The fourth-order valence-electron chi connectivity index (χ4n) is 16.9. The van der Waals surface area contributed by atoms with Crippen LogP contribution in [0.25, 0.3) is 0 Å². The van der Waals surface area contributed by atoms with E-state index in [9.17, 15) is 85.6 Å². The van der Waals surface area contributed by atoms with Crippen molar-refractivity contribution in [1.29, 1.82) is 0 Å². The van der Waals surface area contributed by atoms with Crippen LogP contribution in [0, 0.1) is 50.2 Å². The van der Waals surface area contributed by atoms with Gasteiger partial charge in [-0.2, -0.15) is 0 Å². The number of carboxylic acids is 1. The highest BCUT2D eigenvalue weighted by Gasteiger charge is 2.74. The molecule has 5 aliphatic carbocycles. The molecule has 488 valence electrons. The molecular formula is C59H90O27. The molecule has 4 aliphatic heterocycles. The van der Waals surface area contributed by atoms with Crippen molar-refractivity contribution in [2.75, 3.05) is 26.4 Å². The summed E-state index contributed by atoms with van der Waals surface area (Å²) < 4.78 is 60.0. The van der Waals surface area contributed by atoms with Crippen LogP contribution in [0.15, 0.2) is 23.3 Å². The molecule has 4 saturated carbocycles. The Hall–Kier alpha value is -3.24. The van der Waals surface area contributed by atoms with E-state index < -0.39 is 217 Å². The quantitative estimate of drug-likeness (QED) is 0.0277. The summed E-state index contributed by atoms with van der Waals surface area (Å²) in [5.74, 6) is -4.18. The van der Waals surface area contributed by atoms with Crippen LogP contribution in [0.1, 0.15) is 107 Å². The van der Waals surface area contributed by atoms with Gasteiger partial charge in [0, 0.05) is 17.9 Å². The van der Waals surface area contributed by atoms with Crippen LogP contribution in [-0.2, 0) is 66.5 Å². The monoisotopic (exact) mass is 1230 g/mol. The van der Waals surface area contributed by atoms with E-state index in [0.29, 0.717) is 37.7 Å². The number of aliphatic carboxylic acids is 1. The van der Waals surface area contributed by atoms with Crippen molar-refractivity contribution in [3.63, 3.8) is 0 Å². The van der Waals surface area contributed by atoms with Gasteiger partial charge in [-0.05, 0) is 92.8 Å². The number of esters is 2. The highest BCUT2D eigenvalue weighted by atomic mass is 16.8. The molecule has 9 rings (SSSR count). The fourth-order valence-corrected chi connectivity index (χ4v) is 16.9. The van der Waals surface area contributed by atoms with E-state index in [-0.39, 0.29) is 25.4 Å². The Morgan fingerprint density at radius 1 is 0.686 bits per heavy atom. The maximum Gasteiger partial charge on any atom is 0.335 e. The van der Waals surface area contributed by atoms with Gasteiger partial charge in [0.25, 0.3) is 0 Å². The Labute approximate surface area is 498 Å². The van der Waals surface area contributed by atoms with Crippen molar-refractivity contribution in [3.8, 4) is 0 Å². The Morgan fingerprint density at radius 2 is 1.31 bits per heavy atom. The van der Waals surface area contributed by atoms with Crippen molar-refractivity contribution in [2.45, 2.75) is 242 Å². The summed E-state index contributed by atoms with van der Waals surface area (Å²) in [5.41, 5.74) is -4.42. The highest BCUT2D eigenvalue weighted by Crippen LogP contribution is 2.76. The van der Waals surface area contributed by atoms with Gasteiger partial charge in [0.15, 0.2) is 31.3 Å². The van der Waals surface area contributed by atoms with E-state index in [0.717, 1.165) is 11.9 Å². The van der Waals surface area contributed by atoms with Gasteiger partial charge >= 0.3 is 17.9 Å². The number of fused-ring (bicyclic) bond motifs is 7. The van der Waals surface area contributed by atoms with Gasteiger partial charge in [-0.25, -0.2) is 9.59 Å². The van der Waals surface area contributed by atoms with Gasteiger partial charge in [0.05, 0.1) is 42.9 Å². The van der Waals surface area contributed by atoms with Crippen molar-refractivity contribution < 1.29 is 133 Å². The zero-order valence-corrected chi connectivity index (χ0v) is 50.0. The molecule has 86 heavy (non-hydrogen) atoms. The molecule has 27 nitrogen and oxygen atoms in total. The van der Waals surface area contributed by atoms with E-state index >= 15 is 0 Å². The van der Waals surface area contributed by atoms with Gasteiger partial charge in [0.2, 0.25) is 0 Å². The fraction of sp³-hybridized carbons (Fsp3) is 0.864. The predicted molar refractivity (Wildman–Crippen MR) is 289 cm³/mol. The summed E-state index contributed by atoms with van der Waals surface area (Å²) in [6.45, 7) is 14.1. The topological polar surface area (TPSA) is 424 Å². The average molecular weight is 1230 g/mol. The second-order valence-corrected chi connectivity index (χ2v) is 27.3. The summed E-state index contributed by atoms with van der Waals surface area (Å²) in [7, 11) is 0. The third-order valence-electron chi connectivity index (χ3n) is 22.2. The normalized spacial score (nSPS) is 51.1. The Balaban J connectivity index is 1.05. The van der Waals surface area contributed by atoms with Gasteiger partial charge in [-0.15, -0.1) is 0 Å². The molecule has 0 aromatic rings. The number of carbonyl (C=O) groups is 4. The second kappa shape index (κ2) is 24.8. The van der Waals surface area contributed by atoms with E-state index in [1.165, 1.54) is 6.92 Å². The Morgan fingerprint density at radius 3 is 1.94 bits per heavy atom. The minimum atomic E-state index is -2.28. The number of rotatable bonds is 15. The van der Waals surface area contributed by atoms with Gasteiger partial charge in [0.1, 0.15) is 104 Å². The first-order valence-corrected chi connectivity index (χ1v) is 29.8. The standard InChI is InChI=1S/C59H90O27/c1-10-24(2)49(76)86-47-46(73)59(23-79-25(3)62)27(17-54(47,4)5)26-11-12-32-55(6)15-14-34(56(7,22-61)31(55)13-16-57(32,8)58(26,9)18-33(59)65)81-53-45(85-51-40(71)38(69)37(68)30(19-60)80-51)42(41(72)43(83-53)48(74)75)82-52-44(36(67)29(64)21-78-52)84-50-39(70)35(66)28(63)20-77-50/h10-11,22,27-47,50-53,60,63-73H,12-21,23H2,1-9H3,(H,74,75)/b24-10-/t27?,28-,29+,30-,31?,32?,33-,34+,35+,36+,37+,38+,39-,40-,41+,42+,43+,44-,45-,46+,47+,50+,51+,52+,53-,55+,56?,57-,58-,59+/m1/s1. The predicted octanol–water partition coefficient (Wildman–Crippen LogP) is -2.01. The second-order valence-electron chi connectivity index (χ2n) is 27.3. The lowest BCUT2D eigenvalue weighted by molar-refractivity contribution is -0.398. The number of hydrogen-bond donors (Lipinski definition) is 13. The largest absolute Gasteiger partial charge is 0.479 e. The molecule has 4 saturated heterocycles. The number of aldehydes is 1. The summed E-state index contributed by atoms with van der Waals surface area (Å²) >= 11 is 0. The zero-order chi connectivity index (χ0) is 63.3. The number of carboxylic acid groups (broad SMARTS) is 1. The third kappa shape index (κ3) is 11.0. The third-order valence-corrected chi connectivity index (χ3v) is 22.2. The van der Waals surface area contributed by atoms with E-state index in [4.69, 9.17) is 47.4 Å². The highest BCUT2D eigenvalue weighted by molar-refractivity contribution is 5.87. The lowest BCUT2D eigenvalue weighted by Gasteiger charge is -2.72. The van der Waals surface area contributed by atoms with Crippen LogP contribution < -0.4 is 0 Å². The molecule has 0 aromatic carbocycles. The Bertz CT molecular complexity index is 2550. The number of ether oxygens (including phenoxy) is 10. The number of carbonyl (C=O) groups excluding carboxylic acids is 3. The first kappa shape index (κ1) is 67.2. The number of allylic oxidation sites excluding steroid dienone is 3. The van der Waals surface area contributed by atoms with Gasteiger partial charge < -0.3 is 119 Å². The molecule has 0 spiro atoms. The van der Waals surface area contributed by atoms with Crippen LogP contribution in [0.5, 0.6) is 0 Å². The first-order chi connectivity index (χ1) is 40.2. The molecule has 0 radical (unpaired) electrons. The summed E-state index contributed by atoms with van der Waals surface area (Å²) in [6.07, 6.45) is -32.7. The number of aliphatic hydroxyl groups is 12. The number of aliphatic hydroxyl groups excluding tert-OH is 12. The van der Waals surface area contributed by atoms with Crippen LogP contribution >= 0.6 is 0 Å². The molecule has 13 N–H and O–H groups in total. The smallest absolute Gasteiger partial charge is 0.335 e. The molecule has 27 heteroatoms. The van der Waals surface area contributed by atoms with E-state index in [1.807, 2.05) is 13.8 Å². The Kier molecular flexibility index (Phi) is 19.3. The van der Waals surface area contributed by atoms with Crippen LogP contribution in [0.3, 0.4) is 0 Å². The average Bonchev–Trinajstić information content (AvgIpc) is 0.672. The minimum absolute atomic E-state index is 0.112. The van der Waals surface area contributed by atoms with Crippen molar-refractivity contribution in [1.82, 2.24) is 0 Å². The van der Waals surface area contributed by atoms with E-state index in [1.54, 1.807) is 26.8 Å². The maximum atomic E-state index is 14.2. The van der Waals surface area contributed by atoms with Crippen LogP contribution in [0.2, 0.25) is 0 Å². The number of hydrogen-bond acceptors (Lipinski definition) is 26. The maximum absolute atomic E-state index is 14.2. The van der Waals surface area contributed by atoms with Crippen molar-refractivity contribution in [3.05, 3.63) is 23.3 Å². The summed E-state index contributed by atoms with van der Waals surface area (Å²) in [5, 5.41) is 145. The molecule has 4 heterocycles. The van der Waals surface area contributed by atoms with Crippen LogP contribution in [-0.4, -0.2) is 252 Å². The zero-order valence-electron chi connectivity index (χ0n) is 50.0. The summed E-state index contributed by atoms with van der Waals surface area (Å²) in [4.78, 5) is 53.3. The molecule has 0 bridgehead atoms. The molecule has 0 aromatic heterocycles. The molecule has 4 unspecified atom stereocenters. The molecule has 0 amide bonds. The van der Waals surface area contributed by atoms with E-state index in [2.05, 4.69) is 26.8 Å². The lowest BCUT2D eigenvalue weighted by Crippen LogP contribution is -2.72. The first-order valence-electron chi connectivity index (χ1n) is 29.8. The SMILES string of the molecule is C/C=C(/C)C(=O)O[C@H]1[C@H](O)[C@@]2(COC(C)=O)C(CC1(C)C)C1=CCC3[C@@]4(C)CC[C@H](O[C@@H]5O[C@H](C(=O)O)[C@@H](O)[C@H](O[C@@H]6OC[C@H](O)[C@H](O)[C@H]6O[C@@H]6OC[C@@H](O)[C@H](O)[C@H]6O)[C@H]5O[C@@H]5O[C@H](CO)[C@H](O)[C@H](O)[C@H]5O)C(C)(C=O)C4CC[C@@]3(C)[C@]1(C)C[C@H]2O. The molecule has 8 fully saturated rings. The van der Waals surface area contributed by atoms with Crippen molar-refractivity contribution >= 4 is 24.2 Å². The summed E-state index contributed by atoms with van der Waals surface area (Å²) in [6, 6.07) is 0. The van der Waals surface area contributed by atoms with Crippen molar-refractivity contribution in [2.24, 2.45) is 50.2 Å². The minimum Gasteiger partial charge on any atom is -0.479 e. The molecule has 30 atom stereocenters.